The van der Waals surface area contributed by atoms with Crippen LogP contribution in [0.1, 0.15) is 110 Å². The Kier molecular flexibility index (Phi) is 17.2. The number of aliphatic hydroxyl groups is 3. The molecule has 3 aliphatic rings. The standard InChI is InChI=1S/C37H56N2O12/c1-2-26-12-11-15-29(41)28(26)13-9-7-5-3-4-6-8-10-14-30(42)33(45)37(23-40,35(47)48)38-36(49)51-24-50-34(46)27-18-16-25(17-19-27)22-39-31(43)20-21-32(39)44/h8,10,20-21,25-28,30,33,40,42,45H,2-7,9,11-19,22-24H2,1H3,(H,38,49)(H,47,48)/t25?,26?,27?,28?,30-,33+,37+/m1/s1. The number of carboxylic acid groups (broad SMARTS) is 1. The molecule has 0 aromatic heterocycles. The molecule has 14 nitrogen and oxygen atoms in total. The lowest BCUT2D eigenvalue weighted by molar-refractivity contribution is -0.162. The molecule has 0 aromatic rings. The molecule has 3 amide bonds. The third-order valence-corrected chi connectivity index (χ3v) is 10.7. The van der Waals surface area contributed by atoms with Crippen molar-refractivity contribution >= 4 is 35.6 Å². The maximum atomic E-state index is 12.5. The van der Waals surface area contributed by atoms with Gasteiger partial charge in [0.2, 0.25) is 6.79 Å². The van der Waals surface area contributed by atoms with Crippen molar-refractivity contribution in [2.75, 3.05) is 19.9 Å². The van der Waals surface area contributed by atoms with Gasteiger partial charge in [0.25, 0.3) is 11.8 Å². The molecule has 14 heteroatoms. The number of esters is 1. The molecule has 0 aromatic carbocycles. The molecule has 1 heterocycles. The highest BCUT2D eigenvalue weighted by atomic mass is 16.7. The van der Waals surface area contributed by atoms with Gasteiger partial charge in [-0.3, -0.25) is 24.1 Å². The Hall–Kier alpha value is -3.62. The van der Waals surface area contributed by atoms with E-state index in [0.717, 1.165) is 70.6 Å². The summed E-state index contributed by atoms with van der Waals surface area (Å²) in [6.07, 6.45) is 13.3. The van der Waals surface area contributed by atoms with Crippen molar-refractivity contribution in [3.05, 3.63) is 24.3 Å². The Bertz CT molecular complexity index is 1240. The maximum absolute atomic E-state index is 12.5. The molecule has 5 atom stereocenters. The van der Waals surface area contributed by atoms with Crippen molar-refractivity contribution in [2.24, 2.45) is 23.7 Å². The molecule has 0 saturated heterocycles. The van der Waals surface area contributed by atoms with Gasteiger partial charge in [-0.1, -0.05) is 51.2 Å². The molecule has 0 radical (unpaired) electrons. The van der Waals surface area contributed by atoms with Gasteiger partial charge in [-0.2, -0.15) is 0 Å². The minimum Gasteiger partial charge on any atom is -0.479 e. The number of alkyl carbamates (subject to hydrolysis) is 1. The Balaban J connectivity index is 1.32. The number of aliphatic hydroxyl groups excluding tert-OH is 3. The number of rotatable bonds is 21. The Labute approximate surface area is 299 Å². The molecule has 51 heavy (non-hydrogen) atoms. The van der Waals surface area contributed by atoms with E-state index < -0.39 is 55.1 Å². The number of imide groups is 1. The second-order valence-electron chi connectivity index (χ2n) is 14.1. The van der Waals surface area contributed by atoms with Crippen LogP contribution in [-0.4, -0.2) is 98.6 Å². The maximum Gasteiger partial charge on any atom is 0.411 e. The first kappa shape index (κ1) is 41.8. The van der Waals surface area contributed by atoms with Crippen LogP contribution in [0.4, 0.5) is 4.79 Å². The van der Waals surface area contributed by atoms with Gasteiger partial charge in [-0.05, 0) is 76.0 Å². The highest BCUT2D eigenvalue weighted by molar-refractivity contribution is 6.12. The lowest BCUT2D eigenvalue weighted by Gasteiger charge is -2.34. The number of carbonyl (C=O) groups is 6. The van der Waals surface area contributed by atoms with Crippen LogP contribution in [0.25, 0.3) is 0 Å². The SMILES string of the molecule is CCC1CCCC(=O)C1CCCCCCCC=CC[C@@H](O)[C@H](O)[C@](CO)(NC(=O)OCOC(=O)C1CCC(CN2C(=O)C=CC2=O)CC1)C(=O)O. The van der Waals surface area contributed by atoms with Crippen LogP contribution in [0.5, 0.6) is 0 Å². The number of amides is 3. The predicted molar refractivity (Wildman–Crippen MR) is 184 cm³/mol. The fraction of sp³-hybridized carbons (Fsp3) is 0.730. The number of ketones is 1. The van der Waals surface area contributed by atoms with Crippen molar-refractivity contribution in [3.63, 3.8) is 0 Å². The first-order valence-electron chi connectivity index (χ1n) is 18.5. The monoisotopic (exact) mass is 720 g/mol. The summed E-state index contributed by atoms with van der Waals surface area (Å²) < 4.78 is 9.83. The number of hydrogen-bond donors (Lipinski definition) is 5. The number of unbranched alkanes of at least 4 members (excludes halogenated alkanes) is 5. The molecule has 5 N–H and O–H groups in total. The number of nitrogens with zero attached hydrogens (tertiary/aromatic N) is 1. The Morgan fingerprint density at radius 2 is 1.63 bits per heavy atom. The number of carboxylic acids is 1. The smallest absolute Gasteiger partial charge is 0.411 e. The second-order valence-corrected chi connectivity index (χ2v) is 14.1. The van der Waals surface area contributed by atoms with Crippen LogP contribution in [0.3, 0.4) is 0 Å². The van der Waals surface area contributed by atoms with Crippen molar-refractivity contribution in [1.29, 1.82) is 0 Å². The first-order valence-corrected chi connectivity index (χ1v) is 18.5. The minimum absolute atomic E-state index is 0.0451. The quantitative estimate of drug-likeness (QED) is 0.0378. The lowest BCUT2D eigenvalue weighted by Crippen LogP contribution is -2.67. The van der Waals surface area contributed by atoms with Crippen LogP contribution in [0, 0.1) is 23.7 Å². The summed E-state index contributed by atoms with van der Waals surface area (Å²) in [4.78, 5) is 74.1. The minimum atomic E-state index is -2.69. The van der Waals surface area contributed by atoms with Crippen LogP contribution >= 0.6 is 0 Å². The highest BCUT2D eigenvalue weighted by Gasteiger charge is 2.50. The van der Waals surface area contributed by atoms with E-state index in [0.29, 0.717) is 37.4 Å². The number of nitrogens with one attached hydrogen (secondary N) is 1. The zero-order valence-corrected chi connectivity index (χ0v) is 29.7. The Morgan fingerprint density at radius 1 is 0.961 bits per heavy atom. The summed E-state index contributed by atoms with van der Waals surface area (Å²) in [5.74, 6) is -2.43. The van der Waals surface area contributed by atoms with Crippen molar-refractivity contribution in [3.8, 4) is 0 Å². The summed E-state index contributed by atoms with van der Waals surface area (Å²) in [6, 6.07) is 0. The van der Waals surface area contributed by atoms with Crippen molar-refractivity contribution in [2.45, 2.75) is 127 Å². The van der Waals surface area contributed by atoms with E-state index in [1.165, 1.54) is 17.1 Å². The molecule has 3 rings (SSSR count). The van der Waals surface area contributed by atoms with Gasteiger partial charge < -0.3 is 35.2 Å². The number of carbonyl (C=O) groups excluding carboxylic acids is 5. The number of ether oxygens (including phenoxy) is 2. The van der Waals surface area contributed by atoms with E-state index >= 15 is 0 Å². The predicted octanol–water partition coefficient (Wildman–Crippen LogP) is 3.55. The number of aliphatic carboxylic acids is 1. The molecule has 2 aliphatic carbocycles. The van der Waals surface area contributed by atoms with E-state index in [4.69, 9.17) is 9.47 Å². The van der Waals surface area contributed by atoms with Gasteiger partial charge in [-0.25, -0.2) is 9.59 Å². The molecule has 2 unspecified atom stereocenters. The molecule has 2 fully saturated rings. The summed E-state index contributed by atoms with van der Waals surface area (Å²) in [5.41, 5.74) is -2.69. The van der Waals surface area contributed by atoms with Gasteiger partial charge in [0.05, 0.1) is 18.6 Å². The van der Waals surface area contributed by atoms with Crippen LogP contribution < -0.4 is 5.32 Å². The summed E-state index contributed by atoms with van der Waals surface area (Å²) in [6.45, 7) is 0.322. The first-order chi connectivity index (χ1) is 24.4. The molecular formula is C37H56N2O12. The number of Topliss-reactive ketones (excluding diaryl/α,β-unsaturated/α-hetero) is 1. The average Bonchev–Trinajstić information content (AvgIpc) is 3.43. The Morgan fingerprint density at radius 3 is 2.27 bits per heavy atom. The molecule has 0 bridgehead atoms. The third-order valence-electron chi connectivity index (χ3n) is 10.7. The van der Waals surface area contributed by atoms with E-state index in [9.17, 15) is 49.2 Å². The molecular weight excluding hydrogens is 664 g/mol. The van der Waals surface area contributed by atoms with Crippen LogP contribution in [0.2, 0.25) is 0 Å². The van der Waals surface area contributed by atoms with Gasteiger partial charge in [0.1, 0.15) is 11.9 Å². The summed E-state index contributed by atoms with van der Waals surface area (Å²) >= 11 is 0. The van der Waals surface area contributed by atoms with Gasteiger partial charge in [0.15, 0.2) is 5.54 Å². The van der Waals surface area contributed by atoms with Gasteiger partial charge >= 0.3 is 18.0 Å². The third kappa shape index (κ3) is 12.2. The van der Waals surface area contributed by atoms with E-state index in [1.54, 1.807) is 6.08 Å². The van der Waals surface area contributed by atoms with Gasteiger partial charge in [-0.15, -0.1) is 0 Å². The largest absolute Gasteiger partial charge is 0.479 e. The molecule has 0 spiro atoms. The zero-order chi connectivity index (χ0) is 37.4. The highest BCUT2D eigenvalue weighted by Crippen LogP contribution is 2.34. The van der Waals surface area contributed by atoms with E-state index in [1.807, 2.05) is 11.4 Å². The fourth-order valence-electron chi connectivity index (χ4n) is 7.42. The van der Waals surface area contributed by atoms with Crippen molar-refractivity contribution < 1.29 is 58.7 Å². The zero-order valence-electron chi connectivity index (χ0n) is 29.7. The summed E-state index contributed by atoms with van der Waals surface area (Å²) in [7, 11) is 0. The average molecular weight is 721 g/mol. The normalized spacial score (nSPS) is 24.7. The van der Waals surface area contributed by atoms with E-state index in [2.05, 4.69) is 6.92 Å². The second kappa shape index (κ2) is 21.0. The van der Waals surface area contributed by atoms with E-state index in [-0.39, 0.29) is 36.6 Å². The fourth-order valence-corrected chi connectivity index (χ4v) is 7.42. The van der Waals surface area contributed by atoms with Crippen LogP contribution in [0.15, 0.2) is 24.3 Å². The van der Waals surface area contributed by atoms with Crippen LogP contribution in [-0.2, 0) is 33.4 Å². The topological polar surface area (TPSA) is 217 Å². The van der Waals surface area contributed by atoms with Crippen molar-refractivity contribution in [1.82, 2.24) is 10.2 Å². The number of hydrogen-bond acceptors (Lipinski definition) is 11. The number of allylic oxidation sites excluding steroid dienone is 1. The molecule has 286 valence electrons. The lowest BCUT2D eigenvalue weighted by atomic mass is 9.74. The molecule has 1 aliphatic heterocycles. The molecule has 2 saturated carbocycles. The van der Waals surface area contributed by atoms with Gasteiger partial charge in [0, 0.05) is 31.0 Å². The summed E-state index contributed by atoms with van der Waals surface area (Å²) in [5, 5.41) is 42.8.